The number of hydrogen-bond acceptors (Lipinski definition) is 2. The smallest absolute Gasteiger partial charge is 0.125 e. The van der Waals surface area contributed by atoms with E-state index in [0.717, 1.165) is 17.9 Å². The van der Waals surface area contributed by atoms with E-state index < -0.39 is 0 Å². The van der Waals surface area contributed by atoms with E-state index in [-0.39, 0.29) is 6.04 Å². The van der Waals surface area contributed by atoms with Gasteiger partial charge in [0.05, 0.1) is 6.04 Å². The number of nitrogens with two attached hydrogens (primary N) is 1. The Morgan fingerprint density at radius 1 is 0.952 bits per heavy atom. The van der Waals surface area contributed by atoms with Crippen molar-refractivity contribution in [2.75, 3.05) is 0 Å². The van der Waals surface area contributed by atoms with E-state index in [1.54, 1.807) is 0 Å². The first-order valence-corrected chi connectivity index (χ1v) is 7.92. The van der Waals surface area contributed by atoms with Gasteiger partial charge < -0.3 is 10.2 Å². The third-order valence-electron chi connectivity index (χ3n) is 4.07. The van der Waals surface area contributed by atoms with Gasteiger partial charge in [0.25, 0.3) is 0 Å². The van der Waals surface area contributed by atoms with E-state index in [9.17, 15) is 0 Å². The molecular weight excluding hydrogens is 258 g/mol. The molecule has 0 aliphatic heterocycles. The minimum Gasteiger partial charge on any atom is -0.464 e. The highest BCUT2D eigenvalue weighted by molar-refractivity contribution is 5.40. The van der Waals surface area contributed by atoms with Crippen molar-refractivity contribution >= 4 is 0 Å². The molecule has 21 heavy (non-hydrogen) atoms. The van der Waals surface area contributed by atoms with E-state index in [0.29, 0.717) is 11.8 Å². The lowest BCUT2D eigenvalue weighted by Gasteiger charge is -2.20. The zero-order chi connectivity index (χ0) is 15.6. The molecule has 0 fully saturated rings. The van der Waals surface area contributed by atoms with E-state index in [1.807, 2.05) is 12.1 Å². The first kappa shape index (κ1) is 15.8. The summed E-state index contributed by atoms with van der Waals surface area (Å²) in [6.45, 7) is 11.0. The SMILES string of the molecule is CCc1ccc(C(N)c2ccc(C(C)C)cc2C(C)C)o1. The van der Waals surface area contributed by atoms with Crippen molar-refractivity contribution in [2.45, 2.75) is 58.9 Å². The normalized spacial score (nSPS) is 13.1. The molecule has 0 saturated heterocycles. The molecule has 0 bridgehead atoms. The van der Waals surface area contributed by atoms with Crippen molar-refractivity contribution in [3.05, 3.63) is 58.5 Å². The summed E-state index contributed by atoms with van der Waals surface area (Å²) in [5, 5.41) is 0. The van der Waals surface area contributed by atoms with Gasteiger partial charge in [0.2, 0.25) is 0 Å². The van der Waals surface area contributed by atoms with Crippen LogP contribution in [0.3, 0.4) is 0 Å². The highest BCUT2D eigenvalue weighted by Crippen LogP contribution is 2.31. The molecule has 2 heteroatoms. The lowest BCUT2D eigenvalue weighted by Crippen LogP contribution is -2.14. The van der Waals surface area contributed by atoms with Crippen LogP contribution in [0.25, 0.3) is 0 Å². The largest absolute Gasteiger partial charge is 0.464 e. The van der Waals surface area contributed by atoms with Crippen LogP contribution in [-0.2, 0) is 6.42 Å². The molecule has 2 aromatic rings. The maximum absolute atomic E-state index is 6.46. The first-order chi connectivity index (χ1) is 9.93. The Morgan fingerprint density at radius 3 is 2.19 bits per heavy atom. The van der Waals surface area contributed by atoms with Gasteiger partial charge in [-0.25, -0.2) is 0 Å². The molecule has 0 amide bonds. The molecular formula is C19H27NO. The van der Waals surface area contributed by atoms with Gasteiger partial charge in [0.1, 0.15) is 11.5 Å². The molecule has 1 aromatic heterocycles. The molecule has 1 atom stereocenters. The number of rotatable bonds is 5. The van der Waals surface area contributed by atoms with Gasteiger partial charge >= 0.3 is 0 Å². The molecule has 2 N–H and O–H groups in total. The predicted octanol–water partition coefficient (Wildman–Crippen LogP) is 5.14. The Hall–Kier alpha value is -1.54. The second kappa shape index (κ2) is 6.48. The highest BCUT2D eigenvalue weighted by Gasteiger charge is 2.19. The Bertz CT molecular complexity index is 595. The highest BCUT2D eigenvalue weighted by atomic mass is 16.3. The van der Waals surface area contributed by atoms with Gasteiger partial charge in [-0.15, -0.1) is 0 Å². The monoisotopic (exact) mass is 285 g/mol. The van der Waals surface area contributed by atoms with Crippen LogP contribution >= 0.6 is 0 Å². The van der Waals surface area contributed by atoms with Gasteiger partial charge in [0.15, 0.2) is 0 Å². The Labute approximate surface area is 128 Å². The molecule has 114 valence electrons. The average Bonchev–Trinajstić information content (AvgIpc) is 2.94. The van der Waals surface area contributed by atoms with E-state index in [2.05, 4.69) is 52.8 Å². The van der Waals surface area contributed by atoms with Crippen LogP contribution in [0, 0.1) is 0 Å². The van der Waals surface area contributed by atoms with Crippen LogP contribution < -0.4 is 5.73 Å². The number of hydrogen-bond donors (Lipinski definition) is 1. The number of benzene rings is 1. The Morgan fingerprint density at radius 2 is 1.67 bits per heavy atom. The lowest BCUT2D eigenvalue weighted by molar-refractivity contribution is 0.452. The van der Waals surface area contributed by atoms with Crippen LogP contribution in [0.2, 0.25) is 0 Å². The van der Waals surface area contributed by atoms with Gasteiger partial charge in [-0.2, -0.15) is 0 Å². The fourth-order valence-corrected chi connectivity index (χ4v) is 2.64. The fourth-order valence-electron chi connectivity index (χ4n) is 2.64. The van der Waals surface area contributed by atoms with Crippen molar-refractivity contribution < 1.29 is 4.42 Å². The summed E-state index contributed by atoms with van der Waals surface area (Å²) in [4.78, 5) is 0. The van der Waals surface area contributed by atoms with E-state index >= 15 is 0 Å². The lowest BCUT2D eigenvalue weighted by atomic mass is 9.88. The molecule has 1 heterocycles. The van der Waals surface area contributed by atoms with Crippen molar-refractivity contribution in [3.63, 3.8) is 0 Å². The molecule has 0 saturated carbocycles. The zero-order valence-electron chi connectivity index (χ0n) is 13.8. The number of aryl methyl sites for hydroxylation is 1. The van der Waals surface area contributed by atoms with Crippen molar-refractivity contribution in [1.29, 1.82) is 0 Å². The van der Waals surface area contributed by atoms with E-state index in [4.69, 9.17) is 10.2 Å². The molecule has 0 spiro atoms. The maximum Gasteiger partial charge on any atom is 0.125 e. The molecule has 2 rings (SSSR count). The zero-order valence-corrected chi connectivity index (χ0v) is 13.8. The van der Waals surface area contributed by atoms with Crippen LogP contribution in [0.4, 0.5) is 0 Å². The molecule has 0 aliphatic carbocycles. The summed E-state index contributed by atoms with van der Waals surface area (Å²) < 4.78 is 5.84. The predicted molar refractivity (Wildman–Crippen MR) is 88.7 cm³/mol. The molecule has 2 nitrogen and oxygen atoms in total. The third-order valence-corrected chi connectivity index (χ3v) is 4.07. The van der Waals surface area contributed by atoms with Crippen LogP contribution in [0.1, 0.15) is 80.7 Å². The summed E-state index contributed by atoms with van der Waals surface area (Å²) in [6.07, 6.45) is 0.899. The van der Waals surface area contributed by atoms with Gasteiger partial charge in [-0.3, -0.25) is 0 Å². The van der Waals surface area contributed by atoms with Gasteiger partial charge in [-0.1, -0.05) is 52.8 Å². The van der Waals surface area contributed by atoms with Gasteiger partial charge in [0, 0.05) is 6.42 Å². The van der Waals surface area contributed by atoms with Crippen LogP contribution in [0.5, 0.6) is 0 Å². The topological polar surface area (TPSA) is 39.2 Å². The molecule has 0 radical (unpaired) electrons. The van der Waals surface area contributed by atoms with Crippen molar-refractivity contribution in [3.8, 4) is 0 Å². The van der Waals surface area contributed by atoms with Crippen molar-refractivity contribution in [1.82, 2.24) is 0 Å². The second-order valence-corrected chi connectivity index (χ2v) is 6.33. The molecule has 0 aliphatic rings. The van der Waals surface area contributed by atoms with Crippen LogP contribution in [0.15, 0.2) is 34.7 Å². The summed E-state index contributed by atoms with van der Waals surface area (Å²) in [7, 11) is 0. The maximum atomic E-state index is 6.46. The van der Waals surface area contributed by atoms with Crippen molar-refractivity contribution in [2.24, 2.45) is 5.73 Å². The number of furan rings is 1. The Balaban J connectivity index is 2.42. The standard InChI is InChI=1S/C19H27NO/c1-6-15-8-10-18(21-15)19(20)16-9-7-14(12(2)3)11-17(16)13(4)5/h7-13,19H,6,20H2,1-5H3. The molecule has 1 aromatic carbocycles. The van der Waals surface area contributed by atoms with Crippen LogP contribution in [-0.4, -0.2) is 0 Å². The molecule has 1 unspecified atom stereocenters. The average molecular weight is 285 g/mol. The summed E-state index contributed by atoms with van der Waals surface area (Å²) >= 11 is 0. The second-order valence-electron chi connectivity index (χ2n) is 6.33. The quantitative estimate of drug-likeness (QED) is 0.826. The summed E-state index contributed by atoms with van der Waals surface area (Å²) in [5.41, 5.74) is 10.3. The minimum absolute atomic E-state index is 0.191. The van der Waals surface area contributed by atoms with Gasteiger partial charge in [-0.05, 0) is 40.7 Å². The first-order valence-electron chi connectivity index (χ1n) is 7.92. The minimum atomic E-state index is -0.191. The summed E-state index contributed by atoms with van der Waals surface area (Å²) in [5.74, 6) is 2.82. The van der Waals surface area contributed by atoms with E-state index in [1.165, 1.54) is 16.7 Å². The summed E-state index contributed by atoms with van der Waals surface area (Å²) in [6, 6.07) is 10.5. The Kier molecular flexibility index (Phi) is 4.89. The fraction of sp³-hybridized carbons (Fsp3) is 0.474. The third kappa shape index (κ3) is 3.38.